The van der Waals surface area contributed by atoms with Crippen LogP contribution in [0, 0.1) is 6.92 Å². The van der Waals surface area contributed by atoms with Gasteiger partial charge in [0, 0.05) is 6.54 Å². The number of benzene rings is 1. The first-order valence-electron chi connectivity index (χ1n) is 4.45. The number of halogens is 1. The van der Waals surface area contributed by atoms with Crippen LogP contribution >= 0.6 is 12.4 Å². The van der Waals surface area contributed by atoms with E-state index in [1.165, 1.54) is 0 Å². The second-order valence-electron chi connectivity index (χ2n) is 3.12. The van der Waals surface area contributed by atoms with Gasteiger partial charge in [-0.15, -0.1) is 12.4 Å². The van der Waals surface area contributed by atoms with Gasteiger partial charge in [0.2, 0.25) is 0 Å². The fraction of sp³-hybridized carbons (Fsp3) is 0.300. The summed E-state index contributed by atoms with van der Waals surface area (Å²) >= 11 is 0. The molecule has 2 N–H and O–H groups in total. The molecule has 1 heterocycles. The molecular weight excluding hydrogens is 198 g/mol. The number of rotatable bonds is 1. The van der Waals surface area contributed by atoms with E-state index in [-0.39, 0.29) is 12.4 Å². The van der Waals surface area contributed by atoms with Gasteiger partial charge in [-0.1, -0.05) is 6.07 Å². The van der Waals surface area contributed by atoms with Crippen LogP contribution in [0.3, 0.4) is 0 Å². The van der Waals surface area contributed by atoms with Crippen molar-refractivity contribution in [2.75, 3.05) is 5.73 Å². The molecule has 3 nitrogen and oxygen atoms in total. The van der Waals surface area contributed by atoms with Crippen LogP contribution in [-0.4, -0.2) is 9.55 Å². The average molecular weight is 212 g/mol. The molecule has 0 aliphatic rings. The summed E-state index contributed by atoms with van der Waals surface area (Å²) < 4.78 is 2.16. The van der Waals surface area contributed by atoms with Crippen molar-refractivity contribution in [1.29, 1.82) is 0 Å². The fourth-order valence-electron chi connectivity index (χ4n) is 1.68. The molecule has 14 heavy (non-hydrogen) atoms. The van der Waals surface area contributed by atoms with Crippen LogP contribution in [0.4, 0.5) is 5.69 Å². The Balaban J connectivity index is 0.000000980. The van der Waals surface area contributed by atoms with Gasteiger partial charge < -0.3 is 10.3 Å². The summed E-state index contributed by atoms with van der Waals surface area (Å²) in [5, 5.41) is 0. The molecule has 0 amide bonds. The van der Waals surface area contributed by atoms with Gasteiger partial charge in [-0.05, 0) is 26.0 Å². The van der Waals surface area contributed by atoms with Crippen molar-refractivity contribution in [1.82, 2.24) is 9.55 Å². The van der Waals surface area contributed by atoms with Crippen molar-refractivity contribution in [2.45, 2.75) is 20.4 Å². The summed E-state index contributed by atoms with van der Waals surface area (Å²) in [6.45, 7) is 5.05. The van der Waals surface area contributed by atoms with E-state index in [2.05, 4.69) is 22.5 Å². The number of anilines is 1. The van der Waals surface area contributed by atoms with Gasteiger partial charge >= 0.3 is 0 Å². The fourth-order valence-corrected chi connectivity index (χ4v) is 1.68. The lowest BCUT2D eigenvalue weighted by Gasteiger charge is -2.01. The van der Waals surface area contributed by atoms with E-state index < -0.39 is 0 Å². The zero-order valence-electron chi connectivity index (χ0n) is 8.32. The first-order valence-corrected chi connectivity index (χ1v) is 4.45. The van der Waals surface area contributed by atoms with E-state index in [9.17, 15) is 0 Å². The first-order chi connectivity index (χ1) is 6.24. The molecule has 0 spiro atoms. The maximum atomic E-state index is 5.82. The van der Waals surface area contributed by atoms with Gasteiger partial charge in [-0.3, -0.25) is 0 Å². The number of hydrogen-bond donors (Lipinski definition) is 1. The summed E-state index contributed by atoms with van der Waals surface area (Å²) in [5.41, 5.74) is 8.62. The minimum absolute atomic E-state index is 0. The first kappa shape index (κ1) is 10.9. The monoisotopic (exact) mass is 211 g/mol. The Bertz CT molecular complexity index is 448. The third kappa shape index (κ3) is 1.44. The van der Waals surface area contributed by atoms with Gasteiger partial charge in [0.25, 0.3) is 0 Å². The molecule has 0 bridgehead atoms. The number of nitrogen functional groups attached to an aromatic ring is 1. The lowest BCUT2D eigenvalue weighted by atomic mass is 10.3. The van der Waals surface area contributed by atoms with Gasteiger partial charge in [0.15, 0.2) is 0 Å². The number of hydrogen-bond acceptors (Lipinski definition) is 2. The molecule has 0 fully saturated rings. The highest BCUT2D eigenvalue weighted by molar-refractivity contribution is 5.87. The molecule has 0 aliphatic heterocycles. The molecule has 0 saturated carbocycles. The van der Waals surface area contributed by atoms with Crippen LogP contribution in [0.1, 0.15) is 12.7 Å². The Morgan fingerprint density at radius 2 is 2.14 bits per heavy atom. The highest BCUT2D eigenvalue weighted by atomic mass is 35.5. The van der Waals surface area contributed by atoms with Gasteiger partial charge in [0.05, 0.1) is 11.2 Å². The normalized spacial score (nSPS) is 10.1. The van der Waals surface area contributed by atoms with Gasteiger partial charge in [-0.25, -0.2) is 4.98 Å². The second-order valence-corrected chi connectivity index (χ2v) is 3.12. The Morgan fingerprint density at radius 1 is 1.43 bits per heavy atom. The summed E-state index contributed by atoms with van der Waals surface area (Å²) in [5.74, 6) is 1.02. The van der Waals surface area contributed by atoms with E-state index >= 15 is 0 Å². The van der Waals surface area contributed by atoms with Crippen LogP contribution in [0.15, 0.2) is 18.2 Å². The predicted octanol–water partition coefficient (Wildman–Crippen LogP) is 2.37. The summed E-state index contributed by atoms with van der Waals surface area (Å²) in [6, 6.07) is 5.90. The third-order valence-corrected chi connectivity index (χ3v) is 2.32. The van der Waals surface area contributed by atoms with E-state index in [0.717, 1.165) is 29.1 Å². The molecule has 4 heteroatoms. The molecule has 0 aliphatic carbocycles. The maximum absolute atomic E-state index is 5.82. The van der Waals surface area contributed by atoms with E-state index in [4.69, 9.17) is 5.73 Å². The Morgan fingerprint density at radius 3 is 2.79 bits per heavy atom. The summed E-state index contributed by atoms with van der Waals surface area (Å²) in [4.78, 5) is 4.42. The number of nitrogens with zero attached hydrogens (tertiary/aromatic N) is 2. The predicted molar refractivity (Wildman–Crippen MR) is 61.8 cm³/mol. The second kappa shape index (κ2) is 3.88. The SMILES string of the molecule is CCn1c(C)nc2c(N)cccc21.Cl. The Labute approximate surface area is 89.3 Å². The van der Waals surface area contributed by atoms with Crippen molar-refractivity contribution >= 4 is 29.1 Å². The number of fused-ring (bicyclic) bond motifs is 1. The van der Waals surface area contributed by atoms with Crippen LogP contribution in [0.2, 0.25) is 0 Å². The molecular formula is C10H14ClN3. The van der Waals surface area contributed by atoms with Crippen molar-refractivity contribution in [3.8, 4) is 0 Å². The zero-order valence-corrected chi connectivity index (χ0v) is 9.14. The van der Waals surface area contributed by atoms with Crippen LogP contribution < -0.4 is 5.73 Å². The van der Waals surface area contributed by atoms with E-state index in [0.29, 0.717) is 0 Å². The van der Waals surface area contributed by atoms with Crippen molar-refractivity contribution in [3.05, 3.63) is 24.0 Å². The molecule has 0 unspecified atom stereocenters. The van der Waals surface area contributed by atoms with Gasteiger partial charge in [-0.2, -0.15) is 0 Å². The minimum Gasteiger partial charge on any atom is -0.397 e. The number of nitrogens with two attached hydrogens (primary N) is 1. The summed E-state index contributed by atoms with van der Waals surface area (Å²) in [7, 11) is 0. The molecule has 0 atom stereocenters. The van der Waals surface area contributed by atoms with Crippen molar-refractivity contribution in [2.24, 2.45) is 0 Å². The van der Waals surface area contributed by atoms with Crippen LogP contribution in [-0.2, 0) is 6.54 Å². The van der Waals surface area contributed by atoms with Crippen LogP contribution in [0.5, 0.6) is 0 Å². The lowest BCUT2D eigenvalue weighted by molar-refractivity contribution is 0.753. The topological polar surface area (TPSA) is 43.8 Å². The molecule has 1 aromatic heterocycles. The summed E-state index contributed by atoms with van der Waals surface area (Å²) in [6.07, 6.45) is 0. The smallest absolute Gasteiger partial charge is 0.112 e. The largest absolute Gasteiger partial charge is 0.397 e. The molecule has 0 radical (unpaired) electrons. The van der Waals surface area contributed by atoms with E-state index in [1.807, 2.05) is 19.1 Å². The van der Waals surface area contributed by atoms with Gasteiger partial charge in [0.1, 0.15) is 11.3 Å². The van der Waals surface area contributed by atoms with Crippen molar-refractivity contribution in [3.63, 3.8) is 0 Å². The Kier molecular flexibility index (Phi) is 3.01. The standard InChI is InChI=1S/C10H13N3.ClH/c1-3-13-7(2)12-10-8(11)5-4-6-9(10)13;/h4-6H,3,11H2,1-2H3;1H. The number of para-hydroxylation sites is 1. The minimum atomic E-state index is 0. The third-order valence-electron chi connectivity index (χ3n) is 2.32. The number of aryl methyl sites for hydroxylation is 2. The zero-order chi connectivity index (χ0) is 9.42. The molecule has 1 aromatic carbocycles. The number of imidazole rings is 1. The quantitative estimate of drug-likeness (QED) is 0.736. The lowest BCUT2D eigenvalue weighted by Crippen LogP contribution is -1.96. The molecule has 0 saturated heterocycles. The average Bonchev–Trinajstić information content (AvgIpc) is 2.43. The number of aromatic nitrogens is 2. The van der Waals surface area contributed by atoms with Crippen LogP contribution in [0.25, 0.3) is 11.0 Å². The molecule has 2 aromatic rings. The molecule has 2 rings (SSSR count). The van der Waals surface area contributed by atoms with E-state index in [1.54, 1.807) is 0 Å². The maximum Gasteiger partial charge on any atom is 0.112 e. The van der Waals surface area contributed by atoms with Crippen molar-refractivity contribution < 1.29 is 0 Å². The highest BCUT2D eigenvalue weighted by Gasteiger charge is 2.06. The molecule has 76 valence electrons. The highest BCUT2D eigenvalue weighted by Crippen LogP contribution is 2.20. The Hall–Kier alpha value is -1.22.